The van der Waals surface area contributed by atoms with Crippen LogP contribution in [0, 0.1) is 5.92 Å². The molecule has 1 saturated carbocycles. The Balaban J connectivity index is 1.76. The smallest absolute Gasteiger partial charge is 0.213 e. The van der Waals surface area contributed by atoms with Crippen molar-refractivity contribution in [2.24, 2.45) is 10.9 Å². The number of aromatic nitrogens is 1. The van der Waals surface area contributed by atoms with Crippen molar-refractivity contribution in [3.8, 4) is 5.88 Å². The SMILES string of the molecule is CCNC(=NCc1cccc(OC)n1)NCCCC1CCCC1. The average Bonchev–Trinajstić information content (AvgIpc) is 3.10. The van der Waals surface area contributed by atoms with Crippen LogP contribution < -0.4 is 15.4 Å². The molecule has 0 spiro atoms. The molecular formula is C18H30N4O. The van der Waals surface area contributed by atoms with Gasteiger partial charge in [-0.1, -0.05) is 31.7 Å². The minimum Gasteiger partial charge on any atom is -0.481 e. The molecule has 2 N–H and O–H groups in total. The molecule has 5 heteroatoms. The third-order valence-electron chi connectivity index (χ3n) is 4.29. The number of methoxy groups -OCH3 is 1. The van der Waals surface area contributed by atoms with Gasteiger partial charge in [0.25, 0.3) is 0 Å². The predicted molar refractivity (Wildman–Crippen MR) is 94.8 cm³/mol. The number of nitrogens with zero attached hydrogens (tertiary/aromatic N) is 2. The van der Waals surface area contributed by atoms with Gasteiger partial charge in [0.15, 0.2) is 5.96 Å². The highest BCUT2D eigenvalue weighted by atomic mass is 16.5. The summed E-state index contributed by atoms with van der Waals surface area (Å²) in [7, 11) is 1.63. The molecule has 1 aromatic heterocycles. The molecule has 0 unspecified atom stereocenters. The topological polar surface area (TPSA) is 58.5 Å². The van der Waals surface area contributed by atoms with Crippen molar-refractivity contribution in [2.45, 2.75) is 52.0 Å². The summed E-state index contributed by atoms with van der Waals surface area (Å²) in [6.07, 6.45) is 8.26. The third kappa shape index (κ3) is 6.47. The molecule has 1 aliphatic rings. The van der Waals surface area contributed by atoms with E-state index in [-0.39, 0.29) is 0 Å². The molecule has 2 rings (SSSR count). The number of guanidine groups is 1. The fraction of sp³-hybridized carbons (Fsp3) is 0.667. The van der Waals surface area contributed by atoms with E-state index in [9.17, 15) is 0 Å². The van der Waals surface area contributed by atoms with Crippen molar-refractivity contribution in [1.82, 2.24) is 15.6 Å². The zero-order valence-electron chi connectivity index (χ0n) is 14.5. The largest absolute Gasteiger partial charge is 0.481 e. The first-order valence-corrected chi connectivity index (χ1v) is 8.84. The van der Waals surface area contributed by atoms with Crippen molar-refractivity contribution in [3.63, 3.8) is 0 Å². The standard InChI is InChI=1S/C18H30N4O/c1-3-19-18(20-13-7-10-15-8-4-5-9-15)21-14-16-11-6-12-17(22-16)23-2/h6,11-12,15H,3-5,7-10,13-14H2,1-2H3,(H2,19,20,21). The van der Waals surface area contributed by atoms with E-state index in [1.165, 1.54) is 38.5 Å². The lowest BCUT2D eigenvalue weighted by Crippen LogP contribution is -2.37. The molecule has 0 aromatic carbocycles. The van der Waals surface area contributed by atoms with Crippen molar-refractivity contribution in [3.05, 3.63) is 23.9 Å². The quantitative estimate of drug-likeness (QED) is 0.439. The van der Waals surface area contributed by atoms with Crippen molar-refractivity contribution in [1.29, 1.82) is 0 Å². The Morgan fingerprint density at radius 3 is 2.87 bits per heavy atom. The lowest BCUT2D eigenvalue weighted by Gasteiger charge is -2.13. The first-order valence-electron chi connectivity index (χ1n) is 8.84. The molecule has 1 aliphatic carbocycles. The molecular weight excluding hydrogens is 288 g/mol. The summed E-state index contributed by atoms with van der Waals surface area (Å²) in [4.78, 5) is 8.99. The molecule has 1 fully saturated rings. The highest BCUT2D eigenvalue weighted by Crippen LogP contribution is 2.28. The predicted octanol–water partition coefficient (Wildman–Crippen LogP) is 3.12. The van der Waals surface area contributed by atoms with Crippen LogP contribution in [0.2, 0.25) is 0 Å². The minimum absolute atomic E-state index is 0.551. The zero-order chi connectivity index (χ0) is 16.3. The van der Waals surface area contributed by atoms with E-state index in [2.05, 4.69) is 27.5 Å². The summed E-state index contributed by atoms with van der Waals surface area (Å²) in [6.45, 7) is 4.47. The van der Waals surface area contributed by atoms with Crippen molar-refractivity contribution < 1.29 is 4.74 Å². The van der Waals surface area contributed by atoms with Crippen LogP contribution in [0.5, 0.6) is 5.88 Å². The van der Waals surface area contributed by atoms with Gasteiger partial charge in [-0.3, -0.25) is 0 Å². The van der Waals surface area contributed by atoms with Gasteiger partial charge >= 0.3 is 0 Å². The Kier molecular flexibility index (Phi) is 7.70. The normalized spacial score (nSPS) is 15.7. The van der Waals surface area contributed by atoms with E-state index in [0.717, 1.165) is 30.7 Å². The van der Waals surface area contributed by atoms with E-state index < -0.39 is 0 Å². The first-order chi connectivity index (χ1) is 11.3. The number of aliphatic imine (C=N–C) groups is 1. The maximum Gasteiger partial charge on any atom is 0.213 e. The number of rotatable bonds is 8. The van der Waals surface area contributed by atoms with E-state index in [4.69, 9.17) is 4.74 Å². The highest BCUT2D eigenvalue weighted by molar-refractivity contribution is 5.79. The second-order valence-electron chi connectivity index (χ2n) is 6.09. The van der Waals surface area contributed by atoms with Gasteiger partial charge < -0.3 is 15.4 Å². The average molecular weight is 318 g/mol. The van der Waals surface area contributed by atoms with Gasteiger partial charge in [-0.15, -0.1) is 0 Å². The monoisotopic (exact) mass is 318 g/mol. The Labute approximate surface area is 139 Å². The highest BCUT2D eigenvalue weighted by Gasteiger charge is 2.13. The third-order valence-corrected chi connectivity index (χ3v) is 4.29. The number of nitrogens with one attached hydrogen (secondary N) is 2. The zero-order valence-corrected chi connectivity index (χ0v) is 14.5. The summed E-state index contributed by atoms with van der Waals surface area (Å²) in [5.74, 6) is 2.45. The molecule has 0 amide bonds. The van der Waals surface area contributed by atoms with Crippen LogP contribution in [0.3, 0.4) is 0 Å². The Hall–Kier alpha value is -1.78. The molecule has 1 aromatic rings. The fourth-order valence-electron chi connectivity index (χ4n) is 3.06. The summed E-state index contributed by atoms with van der Waals surface area (Å²) < 4.78 is 5.15. The number of pyridine rings is 1. The van der Waals surface area contributed by atoms with Crippen LogP contribution in [0.4, 0.5) is 0 Å². The molecule has 5 nitrogen and oxygen atoms in total. The molecule has 0 atom stereocenters. The molecule has 128 valence electrons. The maximum absolute atomic E-state index is 5.15. The molecule has 0 aliphatic heterocycles. The Bertz CT molecular complexity index is 484. The van der Waals surface area contributed by atoms with Crippen molar-refractivity contribution in [2.75, 3.05) is 20.2 Å². The van der Waals surface area contributed by atoms with Gasteiger partial charge in [0, 0.05) is 19.2 Å². The van der Waals surface area contributed by atoms with Crippen LogP contribution in [0.25, 0.3) is 0 Å². The van der Waals surface area contributed by atoms with Gasteiger partial charge in [-0.05, 0) is 31.7 Å². The van der Waals surface area contributed by atoms with E-state index in [1.54, 1.807) is 7.11 Å². The summed E-state index contributed by atoms with van der Waals surface area (Å²) in [6, 6.07) is 5.76. The summed E-state index contributed by atoms with van der Waals surface area (Å²) >= 11 is 0. The van der Waals surface area contributed by atoms with Crippen LogP contribution in [-0.2, 0) is 6.54 Å². The number of hydrogen-bond acceptors (Lipinski definition) is 3. The van der Waals surface area contributed by atoms with Gasteiger partial charge in [-0.2, -0.15) is 0 Å². The van der Waals surface area contributed by atoms with E-state index in [0.29, 0.717) is 12.4 Å². The summed E-state index contributed by atoms with van der Waals surface area (Å²) in [5.41, 5.74) is 0.910. The van der Waals surface area contributed by atoms with Crippen LogP contribution in [-0.4, -0.2) is 31.1 Å². The summed E-state index contributed by atoms with van der Waals surface area (Å²) in [5, 5.41) is 6.71. The number of hydrogen-bond donors (Lipinski definition) is 2. The molecule has 0 bridgehead atoms. The molecule has 1 heterocycles. The van der Waals surface area contributed by atoms with Crippen LogP contribution in [0.15, 0.2) is 23.2 Å². The second-order valence-corrected chi connectivity index (χ2v) is 6.09. The fourth-order valence-corrected chi connectivity index (χ4v) is 3.06. The molecule has 0 saturated heterocycles. The van der Waals surface area contributed by atoms with Crippen LogP contribution >= 0.6 is 0 Å². The van der Waals surface area contributed by atoms with Crippen LogP contribution in [0.1, 0.15) is 51.1 Å². The van der Waals surface area contributed by atoms with E-state index in [1.807, 2.05) is 18.2 Å². The van der Waals surface area contributed by atoms with Crippen molar-refractivity contribution >= 4 is 5.96 Å². The number of ether oxygens (including phenoxy) is 1. The second kappa shape index (κ2) is 10.1. The maximum atomic E-state index is 5.15. The lowest BCUT2D eigenvalue weighted by molar-refractivity contribution is 0.396. The van der Waals surface area contributed by atoms with Gasteiger partial charge in [0.2, 0.25) is 5.88 Å². The molecule has 0 radical (unpaired) electrons. The first kappa shape index (κ1) is 17.6. The molecule has 23 heavy (non-hydrogen) atoms. The van der Waals surface area contributed by atoms with Gasteiger partial charge in [0.1, 0.15) is 0 Å². The lowest BCUT2D eigenvalue weighted by atomic mass is 10.0. The Morgan fingerprint density at radius 2 is 2.13 bits per heavy atom. The minimum atomic E-state index is 0.551. The van der Waals surface area contributed by atoms with Gasteiger partial charge in [-0.25, -0.2) is 9.98 Å². The van der Waals surface area contributed by atoms with E-state index >= 15 is 0 Å². The Morgan fingerprint density at radius 1 is 1.30 bits per heavy atom. The van der Waals surface area contributed by atoms with Gasteiger partial charge in [0.05, 0.1) is 19.3 Å².